The molecular formula is C12H22N2O3. The Hall–Kier alpha value is -0.940. The standard InChI is InChI=1S/C12H22N2O3/c1-4-12(2,17-3)11(16)14-10(15)9-5-7-13-8-6-9/h9,13H,4-8H2,1-3H3,(H,14,15,16). The molecule has 5 heteroatoms. The second kappa shape index (κ2) is 6.12. The summed E-state index contributed by atoms with van der Waals surface area (Å²) in [6, 6.07) is 0. The van der Waals surface area contributed by atoms with E-state index >= 15 is 0 Å². The molecular weight excluding hydrogens is 220 g/mol. The topological polar surface area (TPSA) is 67.4 Å². The van der Waals surface area contributed by atoms with Crippen LogP contribution in [0.1, 0.15) is 33.1 Å². The van der Waals surface area contributed by atoms with Crippen LogP contribution in [0, 0.1) is 5.92 Å². The van der Waals surface area contributed by atoms with Gasteiger partial charge in [0.05, 0.1) is 0 Å². The average Bonchev–Trinajstić information content (AvgIpc) is 2.38. The molecule has 0 aliphatic carbocycles. The van der Waals surface area contributed by atoms with E-state index in [1.165, 1.54) is 7.11 Å². The quantitative estimate of drug-likeness (QED) is 0.751. The number of carbonyl (C=O) groups is 2. The molecule has 0 bridgehead atoms. The van der Waals surface area contributed by atoms with Crippen LogP contribution in [0.2, 0.25) is 0 Å². The van der Waals surface area contributed by atoms with E-state index in [1.807, 2.05) is 6.92 Å². The molecule has 0 aromatic rings. The molecule has 1 rings (SSSR count). The maximum absolute atomic E-state index is 11.9. The van der Waals surface area contributed by atoms with Crippen LogP contribution in [0.3, 0.4) is 0 Å². The highest BCUT2D eigenvalue weighted by atomic mass is 16.5. The molecule has 0 aromatic carbocycles. The van der Waals surface area contributed by atoms with Gasteiger partial charge in [0.1, 0.15) is 5.60 Å². The van der Waals surface area contributed by atoms with Gasteiger partial charge in [0.2, 0.25) is 5.91 Å². The molecule has 0 aromatic heterocycles. The Morgan fingerprint density at radius 3 is 2.47 bits per heavy atom. The predicted octanol–water partition coefficient (Wildman–Crippen LogP) is 0.444. The van der Waals surface area contributed by atoms with E-state index < -0.39 is 5.60 Å². The Labute approximate surface area is 102 Å². The molecule has 1 heterocycles. The van der Waals surface area contributed by atoms with Crippen molar-refractivity contribution in [2.75, 3.05) is 20.2 Å². The van der Waals surface area contributed by atoms with Crippen molar-refractivity contribution in [2.24, 2.45) is 5.92 Å². The minimum absolute atomic E-state index is 0.0573. The molecule has 98 valence electrons. The van der Waals surface area contributed by atoms with Gasteiger partial charge in [-0.2, -0.15) is 0 Å². The number of hydrogen-bond donors (Lipinski definition) is 2. The zero-order valence-electron chi connectivity index (χ0n) is 10.8. The number of methoxy groups -OCH3 is 1. The van der Waals surface area contributed by atoms with Gasteiger partial charge in [-0.05, 0) is 39.3 Å². The molecule has 1 unspecified atom stereocenters. The third-order valence-corrected chi connectivity index (χ3v) is 3.55. The monoisotopic (exact) mass is 242 g/mol. The van der Waals surface area contributed by atoms with Crippen molar-refractivity contribution < 1.29 is 14.3 Å². The smallest absolute Gasteiger partial charge is 0.258 e. The number of amides is 2. The SMILES string of the molecule is CCC(C)(OC)C(=O)NC(=O)C1CCNCC1. The van der Waals surface area contributed by atoms with Crippen LogP contribution in [-0.4, -0.2) is 37.6 Å². The maximum Gasteiger partial charge on any atom is 0.258 e. The summed E-state index contributed by atoms with van der Waals surface area (Å²) in [5, 5.41) is 5.65. The number of rotatable bonds is 4. The fourth-order valence-corrected chi connectivity index (χ4v) is 1.83. The highest BCUT2D eigenvalue weighted by Gasteiger charge is 2.33. The van der Waals surface area contributed by atoms with Gasteiger partial charge in [-0.25, -0.2) is 0 Å². The van der Waals surface area contributed by atoms with E-state index in [4.69, 9.17) is 4.74 Å². The number of ether oxygens (including phenoxy) is 1. The van der Waals surface area contributed by atoms with Crippen LogP contribution in [0.15, 0.2) is 0 Å². The molecule has 2 N–H and O–H groups in total. The van der Waals surface area contributed by atoms with Gasteiger partial charge in [-0.1, -0.05) is 6.92 Å². The van der Waals surface area contributed by atoms with Crippen molar-refractivity contribution >= 4 is 11.8 Å². The van der Waals surface area contributed by atoms with Gasteiger partial charge in [0.25, 0.3) is 5.91 Å². The maximum atomic E-state index is 11.9. The van der Waals surface area contributed by atoms with Crippen LogP contribution in [0.25, 0.3) is 0 Å². The summed E-state index contributed by atoms with van der Waals surface area (Å²) >= 11 is 0. The average molecular weight is 242 g/mol. The molecule has 1 aliphatic heterocycles. The highest BCUT2D eigenvalue weighted by molar-refractivity contribution is 6.00. The molecule has 1 saturated heterocycles. The summed E-state index contributed by atoms with van der Waals surface area (Å²) < 4.78 is 5.16. The summed E-state index contributed by atoms with van der Waals surface area (Å²) in [6.07, 6.45) is 2.11. The number of nitrogens with one attached hydrogen (secondary N) is 2. The molecule has 1 aliphatic rings. The lowest BCUT2D eigenvalue weighted by Crippen LogP contribution is -2.50. The minimum Gasteiger partial charge on any atom is -0.369 e. The molecule has 1 fully saturated rings. The summed E-state index contributed by atoms with van der Waals surface area (Å²) in [6.45, 7) is 5.22. The number of piperidine rings is 1. The summed E-state index contributed by atoms with van der Waals surface area (Å²) in [5.74, 6) is -0.572. The third kappa shape index (κ3) is 3.51. The second-order valence-corrected chi connectivity index (χ2v) is 4.63. The molecule has 0 spiro atoms. The van der Waals surface area contributed by atoms with Crippen LogP contribution < -0.4 is 10.6 Å². The highest BCUT2D eigenvalue weighted by Crippen LogP contribution is 2.16. The van der Waals surface area contributed by atoms with Crippen molar-refractivity contribution in [3.63, 3.8) is 0 Å². The first-order valence-corrected chi connectivity index (χ1v) is 6.14. The Balaban J connectivity index is 2.52. The number of hydrogen-bond acceptors (Lipinski definition) is 4. The zero-order chi connectivity index (χ0) is 12.9. The molecule has 2 amide bonds. The van der Waals surface area contributed by atoms with Gasteiger partial charge in [0, 0.05) is 13.0 Å². The van der Waals surface area contributed by atoms with Crippen LogP contribution >= 0.6 is 0 Å². The molecule has 0 radical (unpaired) electrons. The first-order chi connectivity index (χ1) is 8.03. The van der Waals surface area contributed by atoms with Crippen LogP contribution in [0.5, 0.6) is 0 Å². The number of carbonyl (C=O) groups excluding carboxylic acids is 2. The predicted molar refractivity (Wildman–Crippen MR) is 64.4 cm³/mol. The van der Waals surface area contributed by atoms with Gasteiger partial charge < -0.3 is 10.1 Å². The van der Waals surface area contributed by atoms with Gasteiger partial charge in [-0.15, -0.1) is 0 Å². The summed E-state index contributed by atoms with van der Waals surface area (Å²) in [5.41, 5.74) is -0.914. The Morgan fingerprint density at radius 2 is 2.00 bits per heavy atom. The Kier molecular flexibility index (Phi) is 5.08. The zero-order valence-corrected chi connectivity index (χ0v) is 10.8. The van der Waals surface area contributed by atoms with E-state index in [9.17, 15) is 9.59 Å². The first kappa shape index (κ1) is 14.1. The van der Waals surface area contributed by atoms with Crippen molar-refractivity contribution in [1.29, 1.82) is 0 Å². The first-order valence-electron chi connectivity index (χ1n) is 6.14. The lowest BCUT2D eigenvalue weighted by atomic mass is 9.96. The van der Waals surface area contributed by atoms with Gasteiger partial charge in [0.15, 0.2) is 0 Å². The van der Waals surface area contributed by atoms with E-state index in [0.717, 1.165) is 25.9 Å². The van der Waals surface area contributed by atoms with Crippen LogP contribution in [0.4, 0.5) is 0 Å². The Bertz CT molecular complexity index is 281. The molecule has 5 nitrogen and oxygen atoms in total. The van der Waals surface area contributed by atoms with E-state index in [-0.39, 0.29) is 17.7 Å². The molecule has 17 heavy (non-hydrogen) atoms. The number of imide groups is 1. The van der Waals surface area contributed by atoms with E-state index in [2.05, 4.69) is 10.6 Å². The van der Waals surface area contributed by atoms with Crippen molar-refractivity contribution in [2.45, 2.75) is 38.7 Å². The lowest BCUT2D eigenvalue weighted by molar-refractivity contribution is -0.146. The minimum atomic E-state index is -0.914. The van der Waals surface area contributed by atoms with Crippen molar-refractivity contribution in [1.82, 2.24) is 10.6 Å². The van der Waals surface area contributed by atoms with Crippen molar-refractivity contribution in [3.8, 4) is 0 Å². The fraction of sp³-hybridized carbons (Fsp3) is 0.833. The normalized spacial score (nSPS) is 20.6. The van der Waals surface area contributed by atoms with Gasteiger partial charge in [-0.3, -0.25) is 14.9 Å². The molecule has 0 saturated carbocycles. The van der Waals surface area contributed by atoms with Crippen LogP contribution in [-0.2, 0) is 14.3 Å². The lowest BCUT2D eigenvalue weighted by Gasteiger charge is -2.27. The van der Waals surface area contributed by atoms with E-state index in [0.29, 0.717) is 6.42 Å². The Morgan fingerprint density at radius 1 is 1.41 bits per heavy atom. The van der Waals surface area contributed by atoms with Gasteiger partial charge >= 0.3 is 0 Å². The third-order valence-electron chi connectivity index (χ3n) is 3.55. The fourth-order valence-electron chi connectivity index (χ4n) is 1.83. The van der Waals surface area contributed by atoms with Crippen molar-refractivity contribution in [3.05, 3.63) is 0 Å². The second-order valence-electron chi connectivity index (χ2n) is 4.63. The molecule has 1 atom stereocenters. The summed E-state index contributed by atoms with van der Waals surface area (Å²) in [4.78, 5) is 23.8. The summed E-state index contributed by atoms with van der Waals surface area (Å²) in [7, 11) is 1.48. The largest absolute Gasteiger partial charge is 0.369 e. The van der Waals surface area contributed by atoms with E-state index in [1.54, 1.807) is 6.92 Å².